The Balaban J connectivity index is 2.65. The van der Waals surface area contributed by atoms with Crippen molar-refractivity contribution in [3.8, 4) is 17.2 Å². The van der Waals surface area contributed by atoms with Gasteiger partial charge in [0.2, 0.25) is 5.75 Å². The molecule has 0 bridgehead atoms. The first kappa shape index (κ1) is 16.3. The Kier molecular flexibility index (Phi) is 7.55. The Labute approximate surface area is 121 Å². The zero-order chi connectivity index (χ0) is 14.8. The van der Waals surface area contributed by atoms with Crippen LogP contribution in [-0.2, 0) is 0 Å². The number of unbranched alkanes of at least 4 members (excludes halogenated alkanes) is 4. The molecule has 0 amide bonds. The van der Waals surface area contributed by atoms with Gasteiger partial charge in [-0.05, 0) is 18.6 Å². The minimum atomic E-state index is 0.508. The number of carbonyl (C=O) groups is 1. The molecule has 0 unspecified atom stereocenters. The van der Waals surface area contributed by atoms with Gasteiger partial charge in [-0.25, -0.2) is 0 Å². The predicted molar refractivity (Wildman–Crippen MR) is 79.2 cm³/mol. The van der Waals surface area contributed by atoms with Gasteiger partial charge in [0.05, 0.1) is 20.8 Å². The van der Waals surface area contributed by atoms with Gasteiger partial charge in [-0.2, -0.15) is 0 Å². The summed E-state index contributed by atoms with van der Waals surface area (Å²) in [6.07, 6.45) is 6.65. The summed E-state index contributed by atoms with van der Waals surface area (Å²) in [7, 11) is 3.11. The van der Waals surface area contributed by atoms with Gasteiger partial charge in [-0.3, -0.25) is 4.79 Å². The molecule has 0 spiro atoms. The zero-order valence-corrected chi connectivity index (χ0v) is 12.6. The van der Waals surface area contributed by atoms with Crippen LogP contribution in [-0.4, -0.2) is 27.1 Å². The number of methoxy groups -OCH3 is 2. The molecule has 0 saturated heterocycles. The van der Waals surface area contributed by atoms with Gasteiger partial charge in [0.1, 0.15) is 6.29 Å². The lowest BCUT2D eigenvalue weighted by Gasteiger charge is -2.15. The summed E-state index contributed by atoms with van der Waals surface area (Å²) in [5.74, 6) is 1.62. The van der Waals surface area contributed by atoms with Crippen LogP contribution in [0.25, 0.3) is 0 Å². The summed E-state index contributed by atoms with van der Waals surface area (Å²) in [6.45, 7) is 2.82. The van der Waals surface area contributed by atoms with E-state index in [-0.39, 0.29) is 0 Å². The molecular formula is C16H24O4. The van der Waals surface area contributed by atoms with Crippen LogP contribution >= 0.6 is 0 Å². The molecule has 112 valence electrons. The highest BCUT2D eigenvalue weighted by molar-refractivity contribution is 5.78. The second kappa shape index (κ2) is 9.23. The minimum absolute atomic E-state index is 0.508. The van der Waals surface area contributed by atoms with Gasteiger partial charge in [-0.15, -0.1) is 0 Å². The smallest absolute Gasteiger partial charge is 0.203 e. The van der Waals surface area contributed by atoms with E-state index in [0.29, 0.717) is 29.4 Å². The van der Waals surface area contributed by atoms with Crippen molar-refractivity contribution in [3.63, 3.8) is 0 Å². The maximum atomic E-state index is 10.9. The Morgan fingerprint density at radius 2 is 1.60 bits per heavy atom. The average molecular weight is 280 g/mol. The molecular weight excluding hydrogens is 256 g/mol. The first-order valence-electron chi connectivity index (χ1n) is 7.10. The molecule has 20 heavy (non-hydrogen) atoms. The zero-order valence-electron chi connectivity index (χ0n) is 12.6. The largest absolute Gasteiger partial charge is 0.493 e. The Hall–Kier alpha value is -1.71. The number of hydrogen-bond acceptors (Lipinski definition) is 4. The number of aldehydes is 1. The van der Waals surface area contributed by atoms with Gasteiger partial charge in [-0.1, -0.05) is 32.6 Å². The second-order valence-electron chi connectivity index (χ2n) is 4.64. The SMILES string of the molecule is CCCCCCCOc1c(OC)cc(C=O)cc1OC. The molecule has 0 aliphatic heterocycles. The first-order chi connectivity index (χ1) is 9.76. The van der Waals surface area contributed by atoms with Gasteiger partial charge in [0.25, 0.3) is 0 Å². The molecule has 0 N–H and O–H groups in total. The molecule has 4 heteroatoms. The molecule has 0 radical (unpaired) electrons. The van der Waals surface area contributed by atoms with E-state index in [1.807, 2.05) is 0 Å². The molecule has 1 rings (SSSR count). The standard InChI is InChI=1S/C16H24O4/c1-4-5-6-7-8-9-20-16-14(18-2)10-13(12-17)11-15(16)19-3/h10-12H,4-9H2,1-3H3. The van der Waals surface area contributed by atoms with Gasteiger partial charge in [0.15, 0.2) is 11.5 Å². The van der Waals surface area contributed by atoms with Gasteiger partial charge < -0.3 is 14.2 Å². The molecule has 0 aliphatic carbocycles. The molecule has 0 heterocycles. The summed E-state index contributed by atoms with van der Waals surface area (Å²) >= 11 is 0. The molecule has 0 fully saturated rings. The van der Waals surface area contributed by atoms with Crippen LogP contribution in [0, 0.1) is 0 Å². The summed E-state index contributed by atoms with van der Waals surface area (Å²) < 4.78 is 16.3. The lowest BCUT2D eigenvalue weighted by atomic mass is 10.1. The van der Waals surface area contributed by atoms with Gasteiger partial charge >= 0.3 is 0 Å². The highest BCUT2D eigenvalue weighted by atomic mass is 16.5. The lowest BCUT2D eigenvalue weighted by molar-refractivity contribution is 0.112. The summed E-state index contributed by atoms with van der Waals surface area (Å²) in [5, 5.41) is 0. The van der Waals surface area contributed by atoms with Crippen LogP contribution in [0.4, 0.5) is 0 Å². The Bertz CT molecular complexity index is 390. The van der Waals surface area contributed by atoms with Crippen molar-refractivity contribution >= 4 is 6.29 Å². The monoisotopic (exact) mass is 280 g/mol. The van der Waals surface area contributed by atoms with E-state index in [1.165, 1.54) is 19.3 Å². The third kappa shape index (κ3) is 4.76. The molecule has 1 aromatic rings. The van der Waals surface area contributed by atoms with E-state index in [4.69, 9.17) is 14.2 Å². The molecule has 0 atom stereocenters. The van der Waals surface area contributed by atoms with Crippen LogP contribution in [0.1, 0.15) is 49.4 Å². The van der Waals surface area contributed by atoms with Crippen molar-refractivity contribution in [2.45, 2.75) is 39.0 Å². The fourth-order valence-electron chi connectivity index (χ4n) is 1.99. The number of carbonyl (C=O) groups excluding carboxylic acids is 1. The van der Waals surface area contributed by atoms with Crippen molar-refractivity contribution in [1.82, 2.24) is 0 Å². The highest BCUT2D eigenvalue weighted by Gasteiger charge is 2.13. The van der Waals surface area contributed by atoms with E-state index >= 15 is 0 Å². The van der Waals surface area contributed by atoms with Crippen LogP contribution in [0.3, 0.4) is 0 Å². The molecule has 0 aromatic heterocycles. The first-order valence-corrected chi connectivity index (χ1v) is 7.10. The third-order valence-electron chi connectivity index (χ3n) is 3.11. The van der Waals surface area contributed by atoms with Gasteiger partial charge in [0, 0.05) is 5.56 Å². The van der Waals surface area contributed by atoms with E-state index in [9.17, 15) is 4.79 Å². The van der Waals surface area contributed by atoms with Crippen molar-refractivity contribution in [2.24, 2.45) is 0 Å². The Morgan fingerprint density at radius 1 is 1.00 bits per heavy atom. The number of rotatable bonds is 10. The fourth-order valence-corrected chi connectivity index (χ4v) is 1.99. The van der Waals surface area contributed by atoms with E-state index in [0.717, 1.165) is 19.1 Å². The lowest BCUT2D eigenvalue weighted by Crippen LogP contribution is -2.02. The summed E-state index contributed by atoms with van der Waals surface area (Å²) in [5.41, 5.74) is 0.508. The Morgan fingerprint density at radius 3 is 2.10 bits per heavy atom. The maximum absolute atomic E-state index is 10.9. The molecule has 0 aliphatic rings. The van der Waals surface area contributed by atoms with Crippen LogP contribution in [0.5, 0.6) is 17.2 Å². The topological polar surface area (TPSA) is 44.8 Å². The van der Waals surface area contributed by atoms with Crippen LogP contribution in [0.15, 0.2) is 12.1 Å². The summed E-state index contributed by atoms with van der Waals surface area (Å²) in [4.78, 5) is 10.9. The van der Waals surface area contributed by atoms with Crippen molar-refractivity contribution in [1.29, 1.82) is 0 Å². The second-order valence-corrected chi connectivity index (χ2v) is 4.64. The highest BCUT2D eigenvalue weighted by Crippen LogP contribution is 2.38. The third-order valence-corrected chi connectivity index (χ3v) is 3.11. The predicted octanol–water partition coefficient (Wildman–Crippen LogP) is 3.87. The van der Waals surface area contributed by atoms with Crippen LogP contribution < -0.4 is 14.2 Å². The van der Waals surface area contributed by atoms with E-state index in [2.05, 4.69) is 6.92 Å². The van der Waals surface area contributed by atoms with Crippen LogP contribution in [0.2, 0.25) is 0 Å². The van der Waals surface area contributed by atoms with Crippen molar-refractivity contribution < 1.29 is 19.0 Å². The average Bonchev–Trinajstić information content (AvgIpc) is 2.50. The van der Waals surface area contributed by atoms with E-state index < -0.39 is 0 Å². The molecule has 0 saturated carbocycles. The normalized spacial score (nSPS) is 10.2. The number of ether oxygens (including phenoxy) is 3. The minimum Gasteiger partial charge on any atom is -0.493 e. The number of hydrogen-bond donors (Lipinski definition) is 0. The fraction of sp³-hybridized carbons (Fsp3) is 0.562. The number of benzene rings is 1. The van der Waals surface area contributed by atoms with Crippen molar-refractivity contribution in [2.75, 3.05) is 20.8 Å². The molecule has 4 nitrogen and oxygen atoms in total. The summed E-state index contributed by atoms with van der Waals surface area (Å²) in [6, 6.07) is 3.31. The molecule has 1 aromatic carbocycles. The van der Waals surface area contributed by atoms with Crippen molar-refractivity contribution in [3.05, 3.63) is 17.7 Å². The maximum Gasteiger partial charge on any atom is 0.203 e. The quantitative estimate of drug-likeness (QED) is 0.482. The van der Waals surface area contributed by atoms with E-state index in [1.54, 1.807) is 26.4 Å².